The van der Waals surface area contributed by atoms with E-state index in [9.17, 15) is 14.7 Å². The monoisotopic (exact) mass is 338 g/mol. The third kappa shape index (κ3) is 4.32. The van der Waals surface area contributed by atoms with Crippen molar-refractivity contribution in [3.8, 4) is 0 Å². The number of rotatable bonds is 6. The van der Waals surface area contributed by atoms with Gasteiger partial charge in [-0.25, -0.2) is 9.78 Å². The third-order valence-electron chi connectivity index (χ3n) is 3.56. The summed E-state index contributed by atoms with van der Waals surface area (Å²) >= 11 is 0. The molecule has 2 rings (SSSR count). The number of ether oxygens (including phenoxy) is 1. The van der Waals surface area contributed by atoms with Crippen molar-refractivity contribution in [2.75, 3.05) is 7.11 Å². The predicted molar refractivity (Wildman–Crippen MR) is 87.0 cm³/mol. The van der Waals surface area contributed by atoms with Crippen LogP contribution in [0.1, 0.15) is 41.1 Å². The Morgan fingerprint density at radius 2 is 1.96 bits per heavy atom. The van der Waals surface area contributed by atoms with Gasteiger partial charge in [0.2, 0.25) is 0 Å². The van der Waals surface area contributed by atoms with Crippen LogP contribution in [0.5, 0.6) is 0 Å². The van der Waals surface area contributed by atoms with Crippen LogP contribution in [0.3, 0.4) is 0 Å². The number of hydrogen-bond acceptors (Lipinski definition) is 4. The van der Waals surface area contributed by atoms with E-state index >= 15 is 0 Å². The number of carbonyl (C=O) groups excluding carboxylic acids is 1. The Morgan fingerprint density at radius 1 is 1.30 bits per heavy atom. The molecule has 2 aromatic rings. The summed E-state index contributed by atoms with van der Waals surface area (Å²) in [5, 5.41) is 9.28. The molecule has 1 aromatic heterocycles. The fourth-order valence-electron chi connectivity index (χ4n) is 2.34. The summed E-state index contributed by atoms with van der Waals surface area (Å²) < 4.78 is 6.18. The van der Waals surface area contributed by atoms with Gasteiger partial charge in [0.1, 0.15) is 11.5 Å². The van der Waals surface area contributed by atoms with Crippen molar-refractivity contribution < 1.29 is 19.4 Å². The van der Waals surface area contributed by atoms with E-state index in [1.54, 1.807) is 4.57 Å². The molecule has 0 radical (unpaired) electrons. The van der Waals surface area contributed by atoms with Crippen molar-refractivity contribution in [1.29, 1.82) is 0 Å². The van der Waals surface area contributed by atoms with Crippen LogP contribution in [0, 0.1) is 0 Å². The number of benzene rings is 1. The van der Waals surface area contributed by atoms with Crippen LogP contribution in [0.15, 0.2) is 36.5 Å². The van der Waals surface area contributed by atoms with Crippen molar-refractivity contribution in [1.82, 2.24) is 9.55 Å². The highest BCUT2D eigenvalue weighted by Gasteiger charge is 2.21. The number of carboxylic acids is 1. The van der Waals surface area contributed by atoms with Gasteiger partial charge in [0, 0.05) is 12.5 Å². The summed E-state index contributed by atoms with van der Waals surface area (Å²) in [6.07, 6.45) is 1.43. The summed E-state index contributed by atoms with van der Waals surface area (Å²) in [7, 11) is 1.31. The molecule has 7 heteroatoms. The molecule has 0 spiro atoms. The number of imidazole rings is 1. The maximum atomic E-state index is 11.3. The topological polar surface area (TPSA) is 81.4 Å². The Labute approximate surface area is 140 Å². The van der Waals surface area contributed by atoms with Gasteiger partial charge >= 0.3 is 11.9 Å². The average molecular weight is 339 g/mol. The Balaban J connectivity index is 0.00000264. The van der Waals surface area contributed by atoms with Gasteiger partial charge in [0.15, 0.2) is 0 Å². The van der Waals surface area contributed by atoms with Crippen LogP contribution in [-0.2, 0) is 16.1 Å². The fraction of sp³-hybridized carbons (Fsp3) is 0.312. The van der Waals surface area contributed by atoms with E-state index in [0.29, 0.717) is 5.82 Å². The Kier molecular flexibility index (Phi) is 6.78. The molecule has 6 nitrogen and oxygen atoms in total. The molecule has 1 atom stereocenters. The molecule has 1 unspecified atom stereocenters. The molecule has 0 bridgehead atoms. The third-order valence-corrected chi connectivity index (χ3v) is 3.56. The van der Waals surface area contributed by atoms with Crippen LogP contribution in [0.4, 0.5) is 0 Å². The standard InChI is InChI=1S/C16H18N2O4.ClH/c1-11(12-6-4-3-5-7-12)15-17-10-13(16(20)21)18(15)9-8-14(19)22-2;/h3-7,10-11H,8-9H2,1-2H3,(H,20,21);1H. The summed E-state index contributed by atoms with van der Waals surface area (Å²) in [6, 6.07) is 9.69. The van der Waals surface area contributed by atoms with Gasteiger partial charge in [0.05, 0.1) is 19.7 Å². The first-order valence-electron chi connectivity index (χ1n) is 6.95. The Bertz CT molecular complexity index is 670. The highest BCUT2D eigenvalue weighted by Crippen LogP contribution is 2.24. The van der Waals surface area contributed by atoms with Crippen molar-refractivity contribution in [2.24, 2.45) is 0 Å². The van der Waals surface area contributed by atoms with Crippen molar-refractivity contribution >= 4 is 24.3 Å². The lowest BCUT2D eigenvalue weighted by atomic mass is 10.0. The molecule has 0 aliphatic rings. The van der Waals surface area contributed by atoms with Crippen molar-refractivity contribution in [2.45, 2.75) is 25.8 Å². The molecule has 1 aromatic carbocycles. The van der Waals surface area contributed by atoms with E-state index in [0.717, 1.165) is 5.56 Å². The highest BCUT2D eigenvalue weighted by molar-refractivity contribution is 5.86. The van der Waals surface area contributed by atoms with E-state index in [-0.39, 0.29) is 43.0 Å². The summed E-state index contributed by atoms with van der Waals surface area (Å²) in [4.78, 5) is 26.9. The van der Waals surface area contributed by atoms with E-state index in [4.69, 9.17) is 0 Å². The first-order valence-corrected chi connectivity index (χ1v) is 6.95. The molecule has 1 heterocycles. The van der Waals surface area contributed by atoms with Crippen molar-refractivity contribution in [3.63, 3.8) is 0 Å². The zero-order valence-electron chi connectivity index (χ0n) is 12.9. The molecule has 124 valence electrons. The largest absolute Gasteiger partial charge is 0.477 e. The highest BCUT2D eigenvalue weighted by atomic mass is 35.5. The number of aromatic nitrogens is 2. The van der Waals surface area contributed by atoms with Gasteiger partial charge in [-0.3, -0.25) is 4.79 Å². The summed E-state index contributed by atoms with van der Waals surface area (Å²) in [5.41, 5.74) is 1.10. The lowest BCUT2D eigenvalue weighted by Gasteiger charge is -2.15. The van der Waals surface area contributed by atoms with Gasteiger partial charge in [0.25, 0.3) is 0 Å². The molecule has 0 amide bonds. The minimum absolute atomic E-state index is 0. The molecular weight excluding hydrogens is 320 g/mol. The Hall–Kier alpha value is -2.34. The van der Waals surface area contributed by atoms with Crippen LogP contribution in [0.2, 0.25) is 0 Å². The molecule has 1 N–H and O–H groups in total. The van der Waals surface area contributed by atoms with E-state index < -0.39 is 5.97 Å². The second-order valence-corrected chi connectivity index (χ2v) is 4.92. The van der Waals surface area contributed by atoms with Gasteiger partial charge in [-0.15, -0.1) is 12.4 Å². The quantitative estimate of drug-likeness (QED) is 0.819. The van der Waals surface area contributed by atoms with Gasteiger partial charge < -0.3 is 14.4 Å². The molecule has 0 saturated carbocycles. The molecule has 0 aliphatic heterocycles. The number of methoxy groups -OCH3 is 1. The van der Waals surface area contributed by atoms with Gasteiger partial charge in [-0.05, 0) is 5.56 Å². The van der Waals surface area contributed by atoms with Crippen LogP contribution in [0.25, 0.3) is 0 Å². The van der Waals surface area contributed by atoms with Gasteiger partial charge in [-0.1, -0.05) is 37.3 Å². The number of nitrogens with zero attached hydrogens (tertiary/aromatic N) is 2. The van der Waals surface area contributed by atoms with E-state index in [1.165, 1.54) is 13.3 Å². The number of aromatic carboxylic acids is 1. The first kappa shape index (κ1) is 18.7. The maximum Gasteiger partial charge on any atom is 0.354 e. The van der Waals surface area contributed by atoms with Crippen LogP contribution >= 0.6 is 12.4 Å². The molecule has 23 heavy (non-hydrogen) atoms. The van der Waals surface area contributed by atoms with Crippen molar-refractivity contribution in [3.05, 3.63) is 53.6 Å². The minimum Gasteiger partial charge on any atom is -0.477 e. The number of hydrogen-bond donors (Lipinski definition) is 1. The normalized spacial score (nSPS) is 11.4. The number of carbonyl (C=O) groups is 2. The first-order chi connectivity index (χ1) is 10.5. The lowest BCUT2D eigenvalue weighted by Crippen LogP contribution is -2.16. The minimum atomic E-state index is -1.07. The zero-order valence-corrected chi connectivity index (χ0v) is 13.7. The summed E-state index contributed by atoms with van der Waals surface area (Å²) in [6.45, 7) is 2.18. The second kappa shape index (κ2) is 8.33. The zero-order chi connectivity index (χ0) is 16.1. The second-order valence-electron chi connectivity index (χ2n) is 4.92. The predicted octanol–water partition coefficient (Wildman–Crippen LogP) is 2.72. The number of carboxylic acid groups (broad SMARTS) is 1. The van der Waals surface area contributed by atoms with Crippen LogP contribution in [-0.4, -0.2) is 33.7 Å². The van der Waals surface area contributed by atoms with Gasteiger partial charge in [-0.2, -0.15) is 0 Å². The molecule has 0 saturated heterocycles. The molecular formula is C16H19ClN2O4. The number of esters is 1. The van der Waals surface area contributed by atoms with Crippen LogP contribution < -0.4 is 0 Å². The van der Waals surface area contributed by atoms with E-state index in [2.05, 4.69) is 9.72 Å². The Morgan fingerprint density at radius 3 is 2.52 bits per heavy atom. The lowest BCUT2D eigenvalue weighted by molar-refractivity contribution is -0.140. The smallest absolute Gasteiger partial charge is 0.354 e. The average Bonchev–Trinajstić information content (AvgIpc) is 2.96. The number of halogens is 1. The molecule has 0 aliphatic carbocycles. The molecule has 0 fully saturated rings. The summed E-state index contributed by atoms with van der Waals surface area (Å²) in [5.74, 6) is -0.910. The maximum absolute atomic E-state index is 11.3. The fourth-order valence-corrected chi connectivity index (χ4v) is 2.34. The SMILES string of the molecule is COC(=O)CCn1c(C(=O)O)cnc1C(C)c1ccccc1.Cl. The van der Waals surface area contributed by atoms with E-state index in [1.807, 2.05) is 37.3 Å².